The molecule has 0 aliphatic rings. The maximum absolute atomic E-state index is 12.9. The second-order valence-electron chi connectivity index (χ2n) is 21.5. The van der Waals surface area contributed by atoms with Crippen molar-refractivity contribution in [2.24, 2.45) is 0 Å². The van der Waals surface area contributed by atoms with Gasteiger partial charge in [0.15, 0.2) is 6.10 Å². The molecule has 0 aromatic rings. The quantitative estimate of drug-likeness (QED) is 0.0146. The highest BCUT2D eigenvalue weighted by atomic mass is 31.2. The van der Waals surface area contributed by atoms with Crippen molar-refractivity contribution in [2.45, 2.75) is 257 Å². The monoisotopic (exact) mass is 1260 g/mol. The predicted molar refractivity (Wildman–Crippen MR) is 353 cm³/mol. The summed E-state index contributed by atoms with van der Waals surface area (Å²) >= 11 is 0. The smallest absolute Gasteiger partial charge is 0.463 e. The van der Waals surface area contributed by atoms with E-state index in [4.69, 9.17) is 32.3 Å². The Kier molecular flexibility index (Phi) is 59.3. The molecule has 498 valence electrons. The lowest BCUT2D eigenvalue weighted by Crippen LogP contribution is -2.30. The minimum atomic E-state index is -4.93. The molecule has 0 saturated carbocycles. The predicted octanol–water partition coefficient (Wildman–Crippen LogP) is 17.9. The highest BCUT2D eigenvalue weighted by Gasteiger charge is 2.29. The molecule has 0 amide bonds. The van der Waals surface area contributed by atoms with Crippen LogP contribution < -0.4 is 0 Å². The van der Waals surface area contributed by atoms with E-state index in [0.717, 1.165) is 180 Å². The second-order valence-corrected chi connectivity index (χ2v) is 24.4. The second kappa shape index (κ2) is 62.2. The summed E-state index contributed by atoms with van der Waals surface area (Å²) in [5.41, 5.74) is 0. The van der Waals surface area contributed by atoms with Crippen molar-refractivity contribution in [3.63, 3.8) is 0 Å². The molecule has 0 aliphatic heterocycles. The number of carbonyl (C=O) groups excluding carboxylic acids is 3. The van der Waals surface area contributed by atoms with Gasteiger partial charge in [0.25, 0.3) is 0 Å². The van der Waals surface area contributed by atoms with Gasteiger partial charge in [-0.15, -0.1) is 0 Å². The number of hydrogen-bond acceptors (Lipinski definition) is 14. The molecule has 0 aromatic carbocycles. The number of rotatable bonds is 61. The van der Waals surface area contributed by atoms with Gasteiger partial charge in [-0.1, -0.05) is 219 Å². The third kappa shape index (κ3) is 63.3. The Morgan fingerprint density at radius 2 is 0.575 bits per heavy atom. The van der Waals surface area contributed by atoms with Crippen LogP contribution in [0.1, 0.15) is 239 Å². The zero-order valence-corrected chi connectivity index (χ0v) is 55.4. The summed E-state index contributed by atoms with van der Waals surface area (Å²) in [7, 11) is -9.79. The first-order valence-electron chi connectivity index (χ1n) is 32.8. The van der Waals surface area contributed by atoms with Gasteiger partial charge in [-0.3, -0.25) is 32.5 Å². The molecule has 0 aliphatic carbocycles. The van der Waals surface area contributed by atoms with Crippen LogP contribution in [0.4, 0.5) is 0 Å². The fourth-order valence-corrected chi connectivity index (χ4v) is 9.82. The maximum atomic E-state index is 12.9. The molecule has 0 fully saturated rings. The van der Waals surface area contributed by atoms with Gasteiger partial charge in [0.05, 0.1) is 26.4 Å². The number of esters is 3. The average Bonchev–Trinajstić information content (AvgIpc) is 3.68. The first kappa shape index (κ1) is 83.0. The summed E-state index contributed by atoms with van der Waals surface area (Å²) in [6.07, 6.45) is 69.6. The summed E-state index contributed by atoms with van der Waals surface area (Å²) in [6, 6.07) is 0. The number of aliphatic hydroxyl groups excluding tert-OH is 2. The average molecular weight is 1260 g/mol. The van der Waals surface area contributed by atoms with Gasteiger partial charge in [0, 0.05) is 19.3 Å². The van der Waals surface area contributed by atoms with Gasteiger partial charge in [-0.25, -0.2) is 9.13 Å². The standard InChI is InChI=1S/C69H116O16P2/c1-4-7-10-13-16-19-22-25-28-30-31-33-36-37-40-43-46-49-52-55-67(72)79-58-64(70)59-81-86(75,76)82-60-65(71)61-83-87(77,78)84-63-66(85-69(74)57-54-51-48-45-42-39-34-27-24-21-18-15-12-9-6-3)62-80-68(73)56-53-50-47-44-41-38-35-32-29-26-23-20-17-14-11-8-5-2/h7-12,16-21,25-29,31,33-34,64-66,70-71H,4-6,13-15,22-24,30,32,35-63H2,1-3H3,(H,75,76)(H,77,78)/b10-7-,11-8-,12-9-,19-16-,20-17-,21-18-,28-25-,29-26-,33-31-,34-27-. The Morgan fingerprint density at radius 3 is 0.908 bits per heavy atom. The van der Waals surface area contributed by atoms with Crippen LogP contribution in [0.15, 0.2) is 122 Å². The molecule has 0 saturated heterocycles. The van der Waals surface area contributed by atoms with Crippen LogP contribution in [-0.4, -0.2) is 95.9 Å². The molecule has 0 radical (unpaired) electrons. The SMILES string of the molecule is CC/C=C\C/C=C\C/C=C\C/C=C\CCCCCCCCC(=O)OCC(O)COP(=O)(O)OCC(O)COP(=O)(O)OCC(COC(=O)CCCCCCCCC/C=C\C/C=C\C/C=C\CC)OC(=O)CCCCCCC/C=C\C/C=C\C/C=C\CC. The molecule has 0 heterocycles. The third-order valence-corrected chi connectivity index (χ3v) is 15.1. The minimum absolute atomic E-state index is 0.0794. The number of ether oxygens (including phenoxy) is 3. The Hall–Kier alpha value is -4.05. The Bertz CT molecular complexity index is 2070. The van der Waals surface area contributed by atoms with Gasteiger partial charge < -0.3 is 34.2 Å². The van der Waals surface area contributed by atoms with E-state index in [-0.39, 0.29) is 19.3 Å². The zero-order valence-electron chi connectivity index (χ0n) is 53.6. The lowest BCUT2D eigenvalue weighted by atomic mass is 10.1. The van der Waals surface area contributed by atoms with Crippen LogP contribution in [0.5, 0.6) is 0 Å². The fourth-order valence-electron chi connectivity index (χ4n) is 8.24. The molecule has 5 unspecified atom stereocenters. The molecule has 87 heavy (non-hydrogen) atoms. The van der Waals surface area contributed by atoms with Crippen molar-refractivity contribution in [3.8, 4) is 0 Å². The molecule has 18 heteroatoms. The van der Waals surface area contributed by atoms with Crippen LogP contribution in [0.3, 0.4) is 0 Å². The number of phosphoric ester groups is 2. The molecule has 0 aromatic heterocycles. The highest BCUT2D eigenvalue weighted by molar-refractivity contribution is 7.47. The van der Waals surface area contributed by atoms with Gasteiger partial charge >= 0.3 is 33.6 Å². The van der Waals surface area contributed by atoms with E-state index < -0.39 is 91.5 Å². The summed E-state index contributed by atoms with van der Waals surface area (Å²) in [6.45, 7) is 2.26. The van der Waals surface area contributed by atoms with E-state index >= 15 is 0 Å². The molecular weight excluding hydrogens is 1150 g/mol. The Morgan fingerprint density at radius 1 is 0.322 bits per heavy atom. The summed E-state index contributed by atoms with van der Waals surface area (Å²) in [5, 5.41) is 20.5. The van der Waals surface area contributed by atoms with Crippen molar-refractivity contribution >= 4 is 33.6 Å². The van der Waals surface area contributed by atoms with Crippen molar-refractivity contribution in [1.82, 2.24) is 0 Å². The van der Waals surface area contributed by atoms with Crippen molar-refractivity contribution in [3.05, 3.63) is 122 Å². The van der Waals surface area contributed by atoms with E-state index in [1.807, 2.05) is 0 Å². The topological polar surface area (TPSA) is 231 Å². The number of allylic oxidation sites excluding steroid dienone is 20. The van der Waals surface area contributed by atoms with Crippen LogP contribution >= 0.6 is 15.6 Å². The third-order valence-electron chi connectivity index (χ3n) is 13.2. The molecule has 0 rings (SSSR count). The van der Waals surface area contributed by atoms with E-state index in [0.29, 0.717) is 19.3 Å². The van der Waals surface area contributed by atoms with Gasteiger partial charge in [-0.05, 0) is 122 Å². The fraction of sp³-hybridized carbons (Fsp3) is 0.667. The van der Waals surface area contributed by atoms with E-state index in [1.165, 1.54) is 0 Å². The molecule has 0 spiro atoms. The molecular formula is C69H116O16P2. The Balaban J connectivity index is 4.71. The largest absolute Gasteiger partial charge is 0.472 e. The van der Waals surface area contributed by atoms with Crippen LogP contribution in [0, 0.1) is 0 Å². The van der Waals surface area contributed by atoms with Gasteiger partial charge in [0.2, 0.25) is 0 Å². The highest BCUT2D eigenvalue weighted by Crippen LogP contribution is 2.45. The molecule has 16 nitrogen and oxygen atoms in total. The van der Waals surface area contributed by atoms with Crippen molar-refractivity contribution < 1.29 is 75.8 Å². The number of hydrogen-bond donors (Lipinski definition) is 4. The van der Waals surface area contributed by atoms with Crippen LogP contribution in [0.25, 0.3) is 0 Å². The van der Waals surface area contributed by atoms with Crippen molar-refractivity contribution in [2.75, 3.05) is 39.6 Å². The molecule has 4 N–H and O–H groups in total. The zero-order chi connectivity index (χ0) is 63.8. The van der Waals surface area contributed by atoms with Crippen LogP contribution in [0.2, 0.25) is 0 Å². The summed E-state index contributed by atoms with van der Waals surface area (Å²) in [4.78, 5) is 58.3. The number of unbranched alkanes of at least 4 members (excludes halogenated alkanes) is 18. The van der Waals surface area contributed by atoms with E-state index in [9.17, 15) is 43.5 Å². The number of carbonyl (C=O) groups is 3. The first-order valence-corrected chi connectivity index (χ1v) is 35.8. The lowest BCUT2D eigenvalue weighted by molar-refractivity contribution is -0.161. The van der Waals surface area contributed by atoms with Gasteiger partial charge in [0.1, 0.15) is 25.4 Å². The van der Waals surface area contributed by atoms with E-state index in [1.54, 1.807) is 0 Å². The Labute approximate surface area is 525 Å². The minimum Gasteiger partial charge on any atom is -0.463 e. The number of aliphatic hydroxyl groups is 2. The lowest BCUT2D eigenvalue weighted by Gasteiger charge is -2.21. The summed E-state index contributed by atoms with van der Waals surface area (Å²) in [5.74, 6) is -1.62. The first-order chi connectivity index (χ1) is 42.2. The normalized spacial score (nSPS) is 15.1. The number of phosphoric acid groups is 2. The molecule has 0 bridgehead atoms. The summed E-state index contributed by atoms with van der Waals surface area (Å²) < 4.78 is 60.8. The van der Waals surface area contributed by atoms with Gasteiger partial charge in [-0.2, -0.15) is 0 Å². The molecule has 5 atom stereocenters. The van der Waals surface area contributed by atoms with E-state index in [2.05, 4.69) is 142 Å². The van der Waals surface area contributed by atoms with Crippen LogP contribution in [-0.2, 0) is 55.8 Å². The maximum Gasteiger partial charge on any atom is 0.472 e. The van der Waals surface area contributed by atoms with Crippen molar-refractivity contribution in [1.29, 1.82) is 0 Å².